The SMILES string of the molecule is CC1(C)Cc2nc(C3CCOCC3)c3c(c2C(OC(C)(C)C)C1)C1(CCOCC1)OC3c1ccc(S(F)(F)(F)(F)F)cc1.CSC. The molecule has 0 amide bonds. The minimum Gasteiger partial charge on any atom is -0.381 e. The molecule has 3 aliphatic heterocycles. The highest BCUT2D eigenvalue weighted by Crippen LogP contribution is 3.02. The summed E-state index contributed by atoms with van der Waals surface area (Å²) in [5.41, 5.74) is 3.90. The van der Waals surface area contributed by atoms with Gasteiger partial charge in [0.05, 0.1) is 23.0 Å². The fourth-order valence-corrected chi connectivity index (χ4v) is 8.06. The van der Waals surface area contributed by atoms with Gasteiger partial charge in [0.15, 0.2) is 0 Å². The van der Waals surface area contributed by atoms with Gasteiger partial charge >= 0.3 is 10.2 Å². The Morgan fingerprint density at radius 1 is 0.891 bits per heavy atom. The summed E-state index contributed by atoms with van der Waals surface area (Å²) in [6.07, 6.45) is 7.24. The number of hydrogen-bond acceptors (Lipinski definition) is 6. The largest absolute Gasteiger partial charge is 0.381 e. The van der Waals surface area contributed by atoms with Crippen molar-refractivity contribution >= 4 is 22.0 Å². The maximum absolute atomic E-state index is 13.6. The van der Waals surface area contributed by atoms with Gasteiger partial charge in [0.2, 0.25) is 0 Å². The number of benzene rings is 1. The van der Waals surface area contributed by atoms with Crippen molar-refractivity contribution in [1.29, 1.82) is 0 Å². The van der Waals surface area contributed by atoms with Crippen molar-refractivity contribution < 1.29 is 38.4 Å². The molecular formula is C34H48F5NO4S2. The first kappa shape index (κ1) is 35.9. The molecule has 12 heteroatoms. The van der Waals surface area contributed by atoms with Crippen LogP contribution in [0.25, 0.3) is 0 Å². The third-order valence-corrected chi connectivity index (χ3v) is 10.3. The van der Waals surface area contributed by atoms with E-state index < -0.39 is 32.4 Å². The lowest BCUT2D eigenvalue weighted by Crippen LogP contribution is -2.39. The first-order valence-corrected chi connectivity index (χ1v) is 19.6. The summed E-state index contributed by atoms with van der Waals surface area (Å²) in [6.45, 7) is 12.6. The number of ether oxygens (including phenoxy) is 4. The van der Waals surface area contributed by atoms with Crippen molar-refractivity contribution in [2.45, 2.75) is 107 Å². The Bertz CT molecular complexity index is 1420. The highest BCUT2D eigenvalue weighted by atomic mass is 32.5. The number of hydrogen-bond donors (Lipinski definition) is 0. The standard InChI is InChI=1S/C32H42F5NO4S.C2H6S/c1-30(2,3)41-24-19-31(4,5)18-23-25(24)27-26(28(38-23)20-10-14-39-15-11-20)29(42-32(27)12-16-40-17-13-32)21-6-8-22(9-7-21)43(33,34,35,36)37;1-3-2/h6-9,20,24,29H,10-19H2,1-5H3;1-2H3. The van der Waals surface area contributed by atoms with Gasteiger partial charge in [-0.1, -0.05) is 45.4 Å². The lowest BCUT2D eigenvalue weighted by atomic mass is 9.69. The van der Waals surface area contributed by atoms with Crippen molar-refractivity contribution in [3.05, 3.63) is 57.9 Å². The average molecular weight is 694 g/mol. The van der Waals surface area contributed by atoms with Crippen LogP contribution in [0.3, 0.4) is 0 Å². The Morgan fingerprint density at radius 3 is 2.00 bits per heavy atom. The molecule has 1 aromatic carbocycles. The molecule has 0 N–H and O–H groups in total. The predicted octanol–water partition coefficient (Wildman–Crippen LogP) is 10.6. The van der Waals surface area contributed by atoms with E-state index in [1.165, 1.54) is 0 Å². The third-order valence-electron chi connectivity index (χ3n) is 9.18. The molecule has 0 saturated carbocycles. The molecule has 2 unspecified atom stereocenters. The number of thioether (sulfide) groups is 1. The van der Waals surface area contributed by atoms with E-state index in [4.69, 9.17) is 23.9 Å². The fraction of sp³-hybridized carbons (Fsp3) is 0.676. The number of nitrogens with zero attached hydrogens (tertiary/aromatic N) is 1. The van der Waals surface area contributed by atoms with Gasteiger partial charge in [0.25, 0.3) is 0 Å². The molecule has 1 aliphatic carbocycles. The molecule has 46 heavy (non-hydrogen) atoms. The van der Waals surface area contributed by atoms with Gasteiger partial charge in [-0.2, -0.15) is 11.8 Å². The quantitative estimate of drug-likeness (QED) is 0.297. The molecule has 5 nitrogen and oxygen atoms in total. The third kappa shape index (κ3) is 7.57. The van der Waals surface area contributed by atoms with E-state index in [2.05, 4.69) is 13.8 Å². The molecule has 4 aliphatic rings. The van der Waals surface area contributed by atoms with Crippen molar-refractivity contribution in [2.75, 3.05) is 38.9 Å². The Hall–Kier alpha value is -1.44. The lowest BCUT2D eigenvalue weighted by Gasteiger charge is -2.43. The smallest absolute Gasteiger partial charge is 0.310 e. The van der Waals surface area contributed by atoms with Crippen LogP contribution in [0.5, 0.6) is 0 Å². The van der Waals surface area contributed by atoms with Gasteiger partial charge in [-0.25, -0.2) is 0 Å². The van der Waals surface area contributed by atoms with E-state index in [0.717, 1.165) is 65.9 Å². The zero-order chi connectivity index (χ0) is 33.8. The molecule has 2 aromatic rings. The lowest BCUT2D eigenvalue weighted by molar-refractivity contribution is -0.125. The van der Waals surface area contributed by atoms with Gasteiger partial charge in [0.1, 0.15) is 11.0 Å². The molecule has 2 atom stereocenters. The second-order valence-electron chi connectivity index (χ2n) is 14.8. The maximum atomic E-state index is 13.6. The Kier molecular flexibility index (Phi) is 9.25. The van der Waals surface area contributed by atoms with Crippen LogP contribution < -0.4 is 0 Å². The number of rotatable bonds is 4. The van der Waals surface area contributed by atoms with Crippen LogP contribution in [0.2, 0.25) is 0 Å². The van der Waals surface area contributed by atoms with Gasteiger partial charge in [0, 0.05) is 62.0 Å². The summed E-state index contributed by atoms with van der Waals surface area (Å²) < 4.78 is 93.4. The highest BCUT2D eigenvalue weighted by molar-refractivity contribution is 8.45. The van der Waals surface area contributed by atoms with E-state index >= 15 is 0 Å². The Balaban J connectivity index is 0.00000134. The topological polar surface area (TPSA) is 49.8 Å². The molecular weight excluding hydrogens is 646 g/mol. The maximum Gasteiger partial charge on any atom is 0.310 e. The van der Waals surface area contributed by atoms with E-state index in [9.17, 15) is 19.4 Å². The van der Waals surface area contributed by atoms with E-state index in [1.54, 1.807) is 11.8 Å². The van der Waals surface area contributed by atoms with Crippen LogP contribution >= 0.6 is 22.0 Å². The van der Waals surface area contributed by atoms with Crippen LogP contribution in [0.15, 0.2) is 29.2 Å². The first-order chi connectivity index (χ1) is 21.2. The molecule has 2 fully saturated rings. The van der Waals surface area contributed by atoms with Crippen LogP contribution in [-0.2, 0) is 31.0 Å². The molecule has 1 aromatic heterocycles. The average Bonchev–Trinajstić information content (AvgIpc) is 3.25. The summed E-state index contributed by atoms with van der Waals surface area (Å²) >= 11 is 1.75. The minimum atomic E-state index is -9.83. The summed E-state index contributed by atoms with van der Waals surface area (Å²) in [7, 11) is -9.83. The second kappa shape index (κ2) is 11.9. The zero-order valence-corrected chi connectivity index (χ0v) is 29.5. The zero-order valence-electron chi connectivity index (χ0n) is 27.9. The number of pyridine rings is 1. The highest BCUT2D eigenvalue weighted by Gasteiger charge is 2.65. The summed E-state index contributed by atoms with van der Waals surface area (Å²) in [5, 5.41) is 0. The van der Waals surface area contributed by atoms with Crippen LogP contribution in [0.1, 0.15) is 118 Å². The van der Waals surface area contributed by atoms with Crippen molar-refractivity contribution in [2.24, 2.45) is 5.41 Å². The molecule has 2 saturated heterocycles. The van der Waals surface area contributed by atoms with Crippen LogP contribution in [0.4, 0.5) is 19.4 Å². The van der Waals surface area contributed by atoms with E-state index in [-0.39, 0.29) is 17.4 Å². The molecule has 4 heterocycles. The number of halogens is 5. The van der Waals surface area contributed by atoms with Gasteiger partial charge in [-0.05, 0) is 87.6 Å². The van der Waals surface area contributed by atoms with Gasteiger partial charge in [-0.3, -0.25) is 4.98 Å². The monoisotopic (exact) mass is 693 g/mol. The number of aromatic nitrogens is 1. The van der Waals surface area contributed by atoms with E-state index in [0.29, 0.717) is 57.0 Å². The Labute approximate surface area is 274 Å². The fourth-order valence-electron chi connectivity index (χ4n) is 7.41. The number of fused-ring (bicyclic) bond motifs is 4. The second-order valence-corrected chi connectivity index (χ2v) is 18.1. The molecule has 0 bridgehead atoms. The Morgan fingerprint density at radius 2 is 1.46 bits per heavy atom. The van der Waals surface area contributed by atoms with E-state index in [1.807, 2.05) is 33.3 Å². The normalized spacial score (nSPS) is 25.9. The molecule has 6 rings (SSSR count). The predicted molar refractivity (Wildman–Crippen MR) is 175 cm³/mol. The summed E-state index contributed by atoms with van der Waals surface area (Å²) in [4.78, 5) is 3.47. The van der Waals surface area contributed by atoms with Crippen LogP contribution in [-0.4, -0.2) is 49.5 Å². The first-order valence-electron chi connectivity index (χ1n) is 16.0. The summed E-state index contributed by atoms with van der Waals surface area (Å²) in [5.74, 6) is 0.0740. The molecule has 1 spiro atoms. The van der Waals surface area contributed by atoms with Crippen LogP contribution in [0, 0.1) is 5.41 Å². The molecule has 260 valence electrons. The van der Waals surface area contributed by atoms with Crippen molar-refractivity contribution in [3.8, 4) is 0 Å². The minimum absolute atomic E-state index is 0.0693. The van der Waals surface area contributed by atoms with Gasteiger partial charge in [-0.15, -0.1) is 0 Å². The van der Waals surface area contributed by atoms with Gasteiger partial charge < -0.3 is 18.9 Å². The van der Waals surface area contributed by atoms with Crippen molar-refractivity contribution in [1.82, 2.24) is 4.98 Å². The molecule has 0 radical (unpaired) electrons. The van der Waals surface area contributed by atoms with Crippen molar-refractivity contribution in [3.63, 3.8) is 0 Å². The summed E-state index contributed by atoms with van der Waals surface area (Å²) in [6, 6.07) is 3.25.